The SMILES string of the molecule is CCC(C(=O)N(C)CC1CCCN1CC)C(N)=S. The average Bonchev–Trinajstić information content (AvgIpc) is 2.76. The van der Waals surface area contributed by atoms with E-state index < -0.39 is 0 Å². The number of carbonyl (C=O) groups is 1. The monoisotopic (exact) mass is 271 g/mol. The Hall–Kier alpha value is -0.680. The molecule has 1 amide bonds. The fraction of sp³-hybridized carbons (Fsp3) is 0.846. The number of carbonyl (C=O) groups excluding carboxylic acids is 1. The highest BCUT2D eigenvalue weighted by Crippen LogP contribution is 2.18. The summed E-state index contributed by atoms with van der Waals surface area (Å²) in [6, 6.07) is 0.493. The molecule has 0 bridgehead atoms. The van der Waals surface area contributed by atoms with E-state index in [-0.39, 0.29) is 11.8 Å². The lowest BCUT2D eigenvalue weighted by Gasteiger charge is -2.29. The molecule has 104 valence electrons. The van der Waals surface area contributed by atoms with Crippen LogP contribution in [0, 0.1) is 5.92 Å². The number of rotatable bonds is 6. The molecule has 0 spiro atoms. The molecule has 1 aliphatic rings. The third-order valence-corrected chi connectivity index (χ3v) is 4.10. The van der Waals surface area contributed by atoms with E-state index >= 15 is 0 Å². The maximum Gasteiger partial charge on any atom is 0.232 e. The van der Waals surface area contributed by atoms with Gasteiger partial charge in [0.2, 0.25) is 5.91 Å². The predicted octanol–water partition coefficient (Wildman–Crippen LogP) is 1.24. The second-order valence-corrected chi connectivity index (χ2v) is 5.48. The van der Waals surface area contributed by atoms with Crippen LogP contribution in [0.1, 0.15) is 33.1 Å². The lowest BCUT2D eigenvalue weighted by molar-refractivity contribution is -0.132. The highest BCUT2D eigenvalue weighted by atomic mass is 32.1. The Balaban J connectivity index is 2.56. The van der Waals surface area contributed by atoms with Gasteiger partial charge in [0.1, 0.15) is 0 Å². The Kier molecular flexibility index (Phi) is 6.02. The lowest BCUT2D eigenvalue weighted by Crippen LogP contribution is -2.45. The Bertz CT molecular complexity index is 309. The van der Waals surface area contributed by atoms with E-state index in [0.717, 1.165) is 19.6 Å². The smallest absolute Gasteiger partial charge is 0.232 e. The summed E-state index contributed by atoms with van der Waals surface area (Å²) in [7, 11) is 1.86. The minimum Gasteiger partial charge on any atom is -0.393 e. The number of likely N-dealkylation sites (tertiary alicyclic amines) is 1. The number of hydrogen-bond donors (Lipinski definition) is 1. The lowest BCUT2D eigenvalue weighted by atomic mass is 10.0. The first-order chi connectivity index (χ1) is 8.51. The Morgan fingerprint density at radius 3 is 2.72 bits per heavy atom. The molecule has 0 aromatic rings. The molecule has 0 saturated carbocycles. The molecule has 1 rings (SSSR count). The minimum atomic E-state index is -0.304. The fourth-order valence-corrected chi connectivity index (χ4v) is 2.96. The van der Waals surface area contributed by atoms with E-state index in [2.05, 4.69) is 11.8 Å². The van der Waals surface area contributed by atoms with Crippen molar-refractivity contribution in [3.05, 3.63) is 0 Å². The normalized spacial score (nSPS) is 21.8. The molecule has 4 nitrogen and oxygen atoms in total. The summed E-state index contributed by atoms with van der Waals surface area (Å²) in [6.07, 6.45) is 3.09. The van der Waals surface area contributed by atoms with Crippen LogP contribution in [0.15, 0.2) is 0 Å². The quantitative estimate of drug-likeness (QED) is 0.739. The zero-order chi connectivity index (χ0) is 13.7. The fourth-order valence-electron chi connectivity index (χ4n) is 2.69. The molecule has 1 saturated heterocycles. The average molecular weight is 271 g/mol. The van der Waals surface area contributed by atoms with Crippen LogP contribution in [0.3, 0.4) is 0 Å². The molecule has 0 aromatic heterocycles. The first kappa shape index (κ1) is 15.4. The predicted molar refractivity (Wildman–Crippen MR) is 78.5 cm³/mol. The molecule has 2 unspecified atom stereocenters. The molecule has 1 heterocycles. The maximum absolute atomic E-state index is 12.2. The van der Waals surface area contributed by atoms with Gasteiger partial charge in [0.15, 0.2) is 0 Å². The van der Waals surface area contributed by atoms with Gasteiger partial charge in [-0.15, -0.1) is 0 Å². The van der Waals surface area contributed by atoms with Crippen molar-refractivity contribution in [3.63, 3.8) is 0 Å². The van der Waals surface area contributed by atoms with Crippen LogP contribution in [0.2, 0.25) is 0 Å². The molecule has 2 atom stereocenters. The second-order valence-electron chi connectivity index (χ2n) is 5.01. The minimum absolute atomic E-state index is 0.0629. The zero-order valence-electron chi connectivity index (χ0n) is 11.7. The molecule has 1 fully saturated rings. The van der Waals surface area contributed by atoms with Crippen molar-refractivity contribution in [1.29, 1.82) is 0 Å². The number of amides is 1. The number of nitrogens with zero attached hydrogens (tertiary/aromatic N) is 2. The van der Waals surface area contributed by atoms with Gasteiger partial charge in [-0.3, -0.25) is 9.69 Å². The summed E-state index contributed by atoms with van der Waals surface area (Å²) in [5, 5.41) is 0. The van der Waals surface area contributed by atoms with Gasteiger partial charge in [-0.1, -0.05) is 26.1 Å². The molecule has 0 aliphatic carbocycles. The number of hydrogen-bond acceptors (Lipinski definition) is 3. The van der Waals surface area contributed by atoms with Crippen molar-refractivity contribution in [2.45, 2.75) is 39.2 Å². The molecule has 1 aliphatic heterocycles. The largest absolute Gasteiger partial charge is 0.393 e. The molecular formula is C13H25N3OS. The summed E-state index contributed by atoms with van der Waals surface area (Å²) in [6.45, 7) is 7.11. The number of likely N-dealkylation sites (N-methyl/N-ethyl adjacent to an activating group) is 2. The molecule has 0 aromatic carbocycles. The van der Waals surface area contributed by atoms with E-state index in [1.807, 2.05) is 14.0 Å². The Morgan fingerprint density at radius 1 is 1.56 bits per heavy atom. The van der Waals surface area contributed by atoms with Gasteiger partial charge in [-0.2, -0.15) is 0 Å². The van der Waals surface area contributed by atoms with E-state index in [4.69, 9.17) is 18.0 Å². The summed E-state index contributed by atoms with van der Waals surface area (Å²) in [5.74, 6) is -0.241. The van der Waals surface area contributed by atoms with Crippen LogP contribution in [-0.2, 0) is 4.79 Å². The summed E-state index contributed by atoms with van der Waals surface area (Å²) in [5.41, 5.74) is 5.62. The summed E-state index contributed by atoms with van der Waals surface area (Å²) in [4.78, 5) is 16.8. The highest BCUT2D eigenvalue weighted by molar-refractivity contribution is 7.80. The van der Waals surface area contributed by atoms with Crippen molar-refractivity contribution in [1.82, 2.24) is 9.80 Å². The maximum atomic E-state index is 12.2. The Morgan fingerprint density at radius 2 is 2.22 bits per heavy atom. The van der Waals surface area contributed by atoms with E-state index in [0.29, 0.717) is 17.5 Å². The Labute approximate surface area is 115 Å². The molecule has 2 N–H and O–H groups in total. The number of thiocarbonyl (C=S) groups is 1. The van der Waals surface area contributed by atoms with Gasteiger partial charge < -0.3 is 10.6 Å². The zero-order valence-corrected chi connectivity index (χ0v) is 12.5. The van der Waals surface area contributed by atoms with Crippen molar-refractivity contribution in [2.75, 3.05) is 26.7 Å². The molecular weight excluding hydrogens is 246 g/mol. The molecule has 0 radical (unpaired) electrons. The van der Waals surface area contributed by atoms with Gasteiger partial charge in [0, 0.05) is 19.6 Å². The first-order valence-corrected chi connectivity index (χ1v) is 7.20. The third kappa shape index (κ3) is 3.65. The van der Waals surface area contributed by atoms with Crippen LogP contribution in [-0.4, -0.2) is 53.4 Å². The third-order valence-electron chi connectivity index (χ3n) is 3.82. The van der Waals surface area contributed by atoms with Crippen molar-refractivity contribution >= 4 is 23.1 Å². The summed E-state index contributed by atoms with van der Waals surface area (Å²) < 4.78 is 0. The molecule has 18 heavy (non-hydrogen) atoms. The van der Waals surface area contributed by atoms with Gasteiger partial charge >= 0.3 is 0 Å². The van der Waals surface area contributed by atoms with Crippen LogP contribution in [0.4, 0.5) is 0 Å². The van der Waals surface area contributed by atoms with Crippen LogP contribution in [0.25, 0.3) is 0 Å². The van der Waals surface area contributed by atoms with Crippen molar-refractivity contribution < 1.29 is 4.79 Å². The van der Waals surface area contributed by atoms with Gasteiger partial charge in [0.25, 0.3) is 0 Å². The van der Waals surface area contributed by atoms with Gasteiger partial charge in [0.05, 0.1) is 10.9 Å². The van der Waals surface area contributed by atoms with Crippen LogP contribution >= 0.6 is 12.2 Å². The van der Waals surface area contributed by atoms with Crippen LogP contribution < -0.4 is 5.73 Å². The summed E-state index contributed by atoms with van der Waals surface area (Å²) >= 11 is 4.96. The van der Waals surface area contributed by atoms with E-state index in [1.54, 1.807) is 4.90 Å². The number of nitrogens with two attached hydrogens (primary N) is 1. The first-order valence-electron chi connectivity index (χ1n) is 6.79. The molecule has 5 heteroatoms. The van der Waals surface area contributed by atoms with Crippen molar-refractivity contribution in [2.24, 2.45) is 11.7 Å². The van der Waals surface area contributed by atoms with Gasteiger partial charge in [-0.25, -0.2) is 0 Å². The van der Waals surface area contributed by atoms with Crippen molar-refractivity contribution in [3.8, 4) is 0 Å². The van der Waals surface area contributed by atoms with E-state index in [9.17, 15) is 4.79 Å². The second kappa shape index (κ2) is 7.04. The highest BCUT2D eigenvalue weighted by Gasteiger charge is 2.28. The standard InChI is InChI=1S/C13H25N3OS/c1-4-11(12(14)18)13(17)15(3)9-10-7-6-8-16(10)5-2/h10-11H,4-9H2,1-3H3,(H2,14,18). The van der Waals surface area contributed by atoms with Crippen LogP contribution in [0.5, 0.6) is 0 Å². The topological polar surface area (TPSA) is 49.6 Å². The van der Waals surface area contributed by atoms with E-state index in [1.165, 1.54) is 12.8 Å². The van der Waals surface area contributed by atoms with Gasteiger partial charge in [-0.05, 0) is 32.4 Å².